The zero-order valence-corrected chi connectivity index (χ0v) is 15.1. The Hall–Kier alpha value is -2.53. The predicted octanol–water partition coefficient (Wildman–Crippen LogP) is 4.49. The molecule has 0 aliphatic carbocycles. The first kappa shape index (κ1) is 16.0. The van der Waals surface area contributed by atoms with Crippen molar-refractivity contribution in [3.05, 3.63) is 76.5 Å². The summed E-state index contributed by atoms with van der Waals surface area (Å²) in [4.78, 5) is 12.7. The van der Waals surface area contributed by atoms with Crippen LogP contribution in [0.25, 0.3) is 5.69 Å². The van der Waals surface area contributed by atoms with Crippen molar-refractivity contribution < 1.29 is 4.79 Å². The van der Waals surface area contributed by atoms with Crippen LogP contribution < -0.4 is 5.32 Å². The molecule has 0 radical (unpaired) electrons. The van der Waals surface area contributed by atoms with Crippen LogP contribution in [0.2, 0.25) is 0 Å². The van der Waals surface area contributed by atoms with Crippen molar-refractivity contribution in [2.75, 3.05) is 5.32 Å². The zero-order chi connectivity index (χ0) is 17.4. The number of carbonyl (C=O) groups is 1. The molecule has 1 aromatic heterocycles. The van der Waals surface area contributed by atoms with E-state index in [0.29, 0.717) is 5.56 Å². The van der Waals surface area contributed by atoms with Gasteiger partial charge in [-0.15, -0.1) is 0 Å². The van der Waals surface area contributed by atoms with Gasteiger partial charge in [0, 0.05) is 22.6 Å². The molecular weight excluding hydrogens is 330 g/mol. The standard InChI is InChI=1S/C20H19N3OS/c1-13-6-8-15(9-7-13)20(24)21-19-17-11-25-12-18(17)22-23(19)16-5-3-4-14(2)10-16/h3-10H,11-12H2,1-2H3,(H,21,24). The van der Waals surface area contributed by atoms with Crippen molar-refractivity contribution in [2.24, 2.45) is 0 Å². The molecule has 5 heteroatoms. The van der Waals surface area contributed by atoms with Crippen molar-refractivity contribution >= 4 is 23.5 Å². The van der Waals surface area contributed by atoms with E-state index in [0.717, 1.165) is 39.8 Å². The molecule has 1 aliphatic heterocycles. The van der Waals surface area contributed by atoms with Crippen molar-refractivity contribution in [3.8, 4) is 5.69 Å². The van der Waals surface area contributed by atoms with Crippen LogP contribution in [0, 0.1) is 13.8 Å². The van der Waals surface area contributed by atoms with Crippen LogP contribution in [-0.2, 0) is 11.5 Å². The second-order valence-electron chi connectivity index (χ2n) is 6.34. The number of hydrogen-bond donors (Lipinski definition) is 1. The van der Waals surface area contributed by atoms with Gasteiger partial charge >= 0.3 is 0 Å². The highest BCUT2D eigenvalue weighted by atomic mass is 32.2. The predicted molar refractivity (Wildman–Crippen MR) is 102 cm³/mol. The van der Waals surface area contributed by atoms with Gasteiger partial charge in [-0.3, -0.25) is 4.79 Å². The highest BCUT2D eigenvalue weighted by Crippen LogP contribution is 2.36. The fraction of sp³-hybridized carbons (Fsp3) is 0.200. The Labute approximate surface area is 151 Å². The van der Waals surface area contributed by atoms with E-state index in [4.69, 9.17) is 5.10 Å². The maximum Gasteiger partial charge on any atom is 0.256 e. The molecule has 25 heavy (non-hydrogen) atoms. The SMILES string of the molecule is Cc1ccc(C(=O)Nc2c3c(nn2-c2cccc(C)c2)CSC3)cc1. The van der Waals surface area contributed by atoms with Gasteiger partial charge in [-0.1, -0.05) is 29.8 Å². The maximum absolute atomic E-state index is 12.7. The molecule has 0 unspecified atom stereocenters. The van der Waals surface area contributed by atoms with E-state index < -0.39 is 0 Å². The maximum atomic E-state index is 12.7. The smallest absolute Gasteiger partial charge is 0.256 e. The molecule has 1 amide bonds. The summed E-state index contributed by atoms with van der Waals surface area (Å²) < 4.78 is 1.86. The third kappa shape index (κ3) is 3.07. The Morgan fingerprint density at radius 2 is 1.88 bits per heavy atom. The van der Waals surface area contributed by atoms with Crippen molar-refractivity contribution in [1.82, 2.24) is 9.78 Å². The molecule has 3 aromatic rings. The van der Waals surface area contributed by atoms with Gasteiger partial charge in [0.05, 0.1) is 11.4 Å². The number of aromatic nitrogens is 2. The lowest BCUT2D eigenvalue weighted by Gasteiger charge is -2.11. The van der Waals surface area contributed by atoms with Gasteiger partial charge in [-0.25, -0.2) is 4.68 Å². The molecule has 0 atom stereocenters. The van der Waals surface area contributed by atoms with Crippen LogP contribution >= 0.6 is 11.8 Å². The zero-order valence-electron chi connectivity index (χ0n) is 14.2. The lowest BCUT2D eigenvalue weighted by atomic mass is 10.1. The molecule has 4 rings (SSSR count). The van der Waals surface area contributed by atoms with Gasteiger partial charge in [-0.2, -0.15) is 16.9 Å². The number of nitrogens with zero attached hydrogens (tertiary/aromatic N) is 2. The van der Waals surface area contributed by atoms with Crippen molar-refractivity contribution in [3.63, 3.8) is 0 Å². The summed E-state index contributed by atoms with van der Waals surface area (Å²) in [5, 5.41) is 7.84. The number of nitrogens with one attached hydrogen (secondary N) is 1. The molecular formula is C20H19N3OS. The van der Waals surface area contributed by atoms with Gasteiger partial charge in [0.2, 0.25) is 0 Å². The van der Waals surface area contributed by atoms with Gasteiger partial charge in [0.15, 0.2) is 0 Å². The van der Waals surface area contributed by atoms with Crippen LogP contribution in [0.3, 0.4) is 0 Å². The summed E-state index contributed by atoms with van der Waals surface area (Å²) >= 11 is 1.83. The van der Waals surface area contributed by atoms with E-state index in [2.05, 4.69) is 24.4 Å². The molecule has 1 N–H and O–H groups in total. The second-order valence-corrected chi connectivity index (χ2v) is 7.32. The monoisotopic (exact) mass is 349 g/mol. The minimum atomic E-state index is -0.103. The Balaban J connectivity index is 1.73. The normalized spacial score (nSPS) is 12.9. The average Bonchev–Trinajstić information content (AvgIpc) is 3.18. The summed E-state index contributed by atoms with van der Waals surface area (Å²) in [6.07, 6.45) is 0. The topological polar surface area (TPSA) is 46.9 Å². The quantitative estimate of drug-likeness (QED) is 0.758. The van der Waals surface area contributed by atoms with Gasteiger partial charge < -0.3 is 5.32 Å². The second kappa shape index (κ2) is 6.41. The number of amides is 1. The van der Waals surface area contributed by atoms with Crippen LogP contribution in [0.1, 0.15) is 32.7 Å². The first-order chi connectivity index (χ1) is 12.1. The minimum Gasteiger partial charge on any atom is -0.306 e. The highest BCUT2D eigenvalue weighted by Gasteiger charge is 2.25. The first-order valence-corrected chi connectivity index (χ1v) is 9.41. The molecule has 0 spiro atoms. The number of rotatable bonds is 3. The first-order valence-electron chi connectivity index (χ1n) is 8.25. The highest BCUT2D eigenvalue weighted by molar-refractivity contribution is 7.98. The largest absolute Gasteiger partial charge is 0.306 e. The summed E-state index contributed by atoms with van der Waals surface area (Å²) in [7, 11) is 0. The molecule has 0 fully saturated rings. The Kier molecular flexibility index (Phi) is 4.09. The minimum absolute atomic E-state index is 0.103. The summed E-state index contributed by atoms with van der Waals surface area (Å²) in [5.41, 5.74) is 6.12. The van der Waals surface area contributed by atoms with Crippen LogP contribution in [0.4, 0.5) is 5.82 Å². The number of fused-ring (bicyclic) bond motifs is 1. The number of anilines is 1. The molecule has 4 nitrogen and oxygen atoms in total. The van der Waals surface area contributed by atoms with Gasteiger partial charge in [0.25, 0.3) is 5.91 Å². The average molecular weight is 349 g/mol. The number of benzene rings is 2. The lowest BCUT2D eigenvalue weighted by molar-refractivity contribution is 0.102. The number of hydrogen-bond acceptors (Lipinski definition) is 3. The van der Waals surface area contributed by atoms with E-state index in [1.807, 2.05) is 59.8 Å². The number of carbonyl (C=O) groups excluding carboxylic acids is 1. The van der Waals surface area contributed by atoms with Crippen LogP contribution in [0.15, 0.2) is 48.5 Å². The van der Waals surface area contributed by atoms with E-state index in [1.165, 1.54) is 5.56 Å². The summed E-state index contributed by atoms with van der Waals surface area (Å²) in [5.74, 6) is 2.45. The van der Waals surface area contributed by atoms with Gasteiger partial charge in [0.1, 0.15) is 5.82 Å². The summed E-state index contributed by atoms with van der Waals surface area (Å²) in [6.45, 7) is 4.07. The van der Waals surface area contributed by atoms with E-state index in [1.54, 1.807) is 0 Å². The molecule has 0 bridgehead atoms. The molecule has 2 heterocycles. The number of aryl methyl sites for hydroxylation is 2. The fourth-order valence-corrected chi connectivity index (χ4v) is 4.01. The Morgan fingerprint density at radius 3 is 2.64 bits per heavy atom. The lowest BCUT2D eigenvalue weighted by Crippen LogP contribution is -2.16. The number of thioether (sulfide) groups is 1. The van der Waals surface area contributed by atoms with Gasteiger partial charge in [-0.05, 0) is 43.7 Å². The van der Waals surface area contributed by atoms with E-state index in [-0.39, 0.29) is 5.91 Å². The Bertz CT molecular complexity index is 944. The van der Waals surface area contributed by atoms with Crippen molar-refractivity contribution in [2.45, 2.75) is 25.4 Å². The van der Waals surface area contributed by atoms with E-state index >= 15 is 0 Å². The molecule has 0 saturated carbocycles. The molecule has 1 aliphatic rings. The molecule has 0 saturated heterocycles. The third-order valence-corrected chi connectivity index (χ3v) is 5.31. The van der Waals surface area contributed by atoms with E-state index in [9.17, 15) is 4.79 Å². The van der Waals surface area contributed by atoms with Crippen LogP contribution in [-0.4, -0.2) is 15.7 Å². The molecule has 126 valence electrons. The van der Waals surface area contributed by atoms with Crippen LogP contribution in [0.5, 0.6) is 0 Å². The Morgan fingerprint density at radius 1 is 1.08 bits per heavy atom. The van der Waals surface area contributed by atoms with Crippen molar-refractivity contribution in [1.29, 1.82) is 0 Å². The fourth-order valence-electron chi connectivity index (χ4n) is 2.97. The molecule has 2 aromatic carbocycles. The third-order valence-electron chi connectivity index (χ3n) is 4.34. The summed E-state index contributed by atoms with van der Waals surface area (Å²) in [6, 6.07) is 15.8.